The molecule has 0 atom stereocenters. The minimum Gasteiger partial charge on any atom is -0.333 e. The maximum Gasteiger partial charge on any atom is 0.274 e. The van der Waals surface area contributed by atoms with Crippen molar-refractivity contribution in [1.82, 2.24) is 29.4 Å². The maximum atomic E-state index is 14.4. The number of carbonyl (C=O) groups excluding carboxylic acids is 2. The van der Waals surface area contributed by atoms with Crippen LogP contribution in [0, 0.1) is 12.7 Å². The highest BCUT2D eigenvalue weighted by Gasteiger charge is 2.40. The molecule has 0 N–H and O–H groups in total. The van der Waals surface area contributed by atoms with Crippen LogP contribution in [0.3, 0.4) is 0 Å². The van der Waals surface area contributed by atoms with Gasteiger partial charge in [-0.2, -0.15) is 5.10 Å². The number of pyridine rings is 1. The van der Waals surface area contributed by atoms with Gasteiger partial charge in [0.05, 0.1) is 17.4 Å². The van der Waals surface area contributed by atoms with Crippen molar-refractivity contribution in [3.63, 3.8) is 0 Å². The second kappa shape index (κ2) is 9.55. The first-order valence-electron chi connectivity index (χ1n) is 13.0. The van der Waals surface area contributed by atoms with E-state index in [9.17, 15) is 14.0 Å². The molecule has 1 fully saturated rings. The summed E-state index contributed by atoms with van der Waals surface area (Å²) < 4.78 is 16.0. The summed E-state index contributed by atoms with van der Waals surface area (Å²) in [7, 11) is 0. The van der Waals surface area contributed by atoms with Crippen molar-refractivity contribution in [1.29, 1.82) is 0 Å². The number of benzene rings is 1. The Kier molecular flexibility index (Phi) is 6.48. The van der Waals surface area contributed by atoms with Crippen LogP contribution in [-0.4, -0.2) is 66.4 Å². The lowest BCUT2D eigenvalue weighted by molar-refractivity contribution is 0.0163. The number of rotatable bonds is 3. The molecule has 39 heavy (non-hydrogen) atoms. The quantitative estimate of drug-likeness (QED) is 0.377. The Balaban J connectivity index is 1.47. The van der Waals surface area contributed by atoms with Gasteiger partial charge in [0, 0.05) is 37.0 Å². The summed E-state index contributed by atoms with van der Waals surface area (Å²) in [6.07, 6.45) is 3.24. The molecule has 0 unspecified atom stereocenters. The molecule has 1 aliphatic rings. The van der Waals surface area contributed by atoms with Crippen LogP contribution in [0.1, 0.15) is 66.7 Å². The van der Waals surface area contributed by atoms with Gasteiger partial charge in [0.25, 0.3) is 11.8 Å². The normalized spacial score (nSPS) is 15.6. The molecule has 9 heteroatoms. The Labute approximate surface area is 227 Å². The van der Waals surface area contributed by atoms with Crippen molar-refractivity contribution >= 4 is 17.5 Å². The van der Waals surface area contributed by atoms with Crippen LogP contribution in [-0.2, 0) is 5.41 Å². The summed E-state index contributed by atoms with van der Waals surface area (Å²) in [4.78, 5) is 39.2. The number of aromatic nitrogens is 4. The van der Waals surface area contributed by atoms with Crippen molar-refractivity contribution in [3.05, 3.63) is 83.2 Å². The molecule has 0 bridgehead atoms. The number of fused-ring (bicyclic) bond motifs is 1. The van der Waals surface area contributed by atoms with E-state index in [-0.39, 0.29) is 28.7 Å². The van der Waals surface area contributed by atoms with Gasteiger partial charge in [-0.05, 0) is 56.0 Å². The number of halogens is 1. The first-order valence-corrected chi connectivity index (χ1v) is 13.0. The first kappa shape index (κ1) is 26.5. The molecule has 3 aromatic heterocycles. The zero-order valence-corrected chi connectivity index (χ0v) is 23.2. The predicted octanol–water partition coefficient (Wildman–Crippen LogP) is 4.91. The average molecular weight is 529 g/mol. The predicted molar refractivity (Wildman–Crippen MR) is 147 cm³/mol. The fourth-order valence-electron chi connectivity index (χ4n) is 5.02. The van der Waals surface area contributed by atoms with Crippen LogP contribution < -0.4 is 0 Å². The van der Waals surface area contributed by atoms with E-state index in [1.165, 1.54) is 6.07 Å². The summed E-state index contributed by atoms with van der Waals surface area (Å²) in [6.45, 7) is 13.0. The van der Waals surface area contributed by atoms with E-state index in [1.54, 1.807) is 57.9 Å². The molecule has 4 heterocycles. The summed E-state index contributed by atoms with van der Waals surface area (Å²) >= 11 is 0. The minimum absolute atomic E-state index is 0.150. The minimum atomic E-state index is -0.625. The van der Waals surface area contributed by atoms with E-state index >= 15 is 0 Å². The number of hydrogen-bond acceptors (Lipinski definition) is 5. The van der Waals surface area contributed by atoms with Crippen molar-refractivity contribution in [2.45, 2.75) is 52.5 Å². The third-order valence-corrected chi connectivity index (χ3v) is 7.24. The highest BCUT2D eigenvalue weighted by molar-refractivity contribution is 5.95. The molecule has 202 valence electrons. The van der Waals surface area contributed by atoms with Crippen LogP contribution in [0.5, 0.6) is 0 Å². The third kappa shape index (κ3) is 5.01. The van der Waals surface area contributed by atoms with E-state index in [0.717, 1.165) is 5.56 Å². The van der Waals surface area contributed by atoms with E-state index in [4.69, 9.17) is 10.1 Å². The lowest BCUT2D eigenvalue weighted by Gasteiger charge is -2.46. The summed E-state index contributed by atoms with van der Waals surface area (Å²) in [6, 6.07) is 12.2. The number of amides is 2. The third-order valence-electron chi connectivity index (χ3n) is 7.24. The van der Waals surface area contributed by atoms with Crippen LogP contribution in [0.25, 0.3) is 16.9 Å². The molecule has 5 rings (SSSR count). The Bertz CT molecular complexity index is 1570. The van der Waals surface area contributed by atoms with Crippen molar-refractivity contribution in [2.75, 3.05) is 19.6 Å². The summed E-state index contributed by atoms with van der Waals surface area (Å²) in [5, 5.41) is 4.70. The number of aryl methyl sites for hydroxylation is 1. The second-order valence-corrected chi connectivity index (χ2v) is 11.8. The van der Waals surface area contributed by atoms with Gasteiger partial charge < -0.3 is 9.80 Å². The van der Waals surface area contributed by atoms with Crippen molar-refractivity contribution in [2.24, 2.45) is 0 Å². The van der Waals surface area contributed by atoms with Gasteiger partial charge >= 0.3 is 0 Å². The number of nitrogens with zero attached hydrogens (tertiary/aromatic N) is 6. The molecule has 0 aliphatic carbocycles. The highest BCUT2D eigenvalue weighted by atomic mass is 19.1. The molecule has 0 saturated carbocycles. The van der Waals surface area contributed by atoms with E-state index in [2.05, 4.69) is 25.8 Å². The molecule has 0 spiro atoms. The lowest BCUT2D eigenvalue weighted by atomic mass is 9.87. The molecule has 8 nitrogen and oxygen atoms in total. The van der Waals surface area contributed by atoms with Gasteiger partial charge in [0.2, 0.25) is 0 Å². The summed E-state index contributed by atoms with van der Waals surface area (Å²) in [5.74, 6) is -0.670. The molecule has 1 aromatic carbocycles. The number of hydrogen-bond donors (Lipinski definition) is 0. The Morgan fingerprint density at radius 2 is 1.77 bits per heavy atom. The maximum absolute atomic E-state index is 14.4. The fraction of sp³-hybridized carbons (Fsp3) is 0.367. The second-order valence-electron chi connectivity index (χ2n) is 11.8. The van der Waals surface area contributed by atoms with Gasteiger partial charge in [-0.25, -0.2) is 13.9 Å². The number of carbonyl (C=O) groups is 2. The van der Waals surface area contributed by atoms with E-state index < -0.39 is 5.54 Å². The van der Waals surface area contributed by atoms with Gasteiger partial charge in [0.1, 0.15) is 17.2 Å². The van der Waals surface area contributed by atoms with E-state index in [0.29, 0.717) is 47.8 Å². The topological polar surface area (TPSA) is 83.7 Å². The Morgan fingerprint density at radius 3 is 2.41 bits per heavy atom. The Morgan fingerprint density at radius 1 is 1.00 bits per heavy atom. The van der Waals surface area contributed by atoms with Gasteiger partial charge in [0.15, 0.2) is 5.65 Å². The van der Waals surface area contributed by atoms with Crippen LogP contribution in [0.15, 0.2) is 54.9 Å². The van der Waals surface area contributed by atoms with E-state index in [1.807, 2.05) is 26.0 Å². The van der Waals surface area contributed by atoms with Gasteiger partial charge in [-0.1, -0.05) is 39.0 Å². The molecule has 1 saturated heterocycles. The number of piperazine rings is 1. The Hall–Kier alpha value is -4.14. The highest BCUT2D eigenvalue weighted by Crippen LogP contribution is 2.31. The molecule has 4 aromatic rings. The van der Waals surface area contributed by atoms with Crippen molar-refractivity contribution < 1.29 is 14.0 Å². The molecular formula is C30H33FN6O2. The largest absolute Gasteiger partial charge is 0.333 e. The van der Waals surface area contributed by atoms with Crippen LogP contribution in [0.4, 0.5) is 4.39 Å². The van der Waals surface area contributed by atoms with Crippen LogP contribution in [0.2, 0.25) is 0 Å². The molecule has 1 aliphatic heterocycles. The summed E-state index contributed by atoms with van der Waals surface area (Å²) in [5.41, 5.74) is 3.05. The lowest BCUT2D eigenvalue weighted by Crippen LogP contribution is -2.62. The van der Waals surface area contributed by atoms with Gasteiger partial charge in [-0.3, -0.25) is 14.6 Å². The molecule has 0 radical (unpaired) electrons. The van der Waals surface area contributed by atoms with Crippen molar-refractivity contribution in [3.8, 4) is 11.3 Å². The smallest absolute Gasteiger partial charge is 0.274 e. The molecular weight excluding hydrogens is 495 g/mol. The standard InChI is InChI=1S/C30H33FN6O2/c1-19-10-11-20(15-22(19)31)24-16-21(29(2,3)4)26-33-25(17-37(26)34-24)28(39)36-14-13-35(18-30(36,5)6)27(38)23-9-7-8-12-32-23/h7-12,15-17H,13-14,18H2,1-6H3. The monoisotopic (exact) mass is 528 g/mol. The zero-order valence-electron chi connectivity index (χ0n) is 23.2. The zero-order chi connectivity index (χ0) is 28.1. The average Bonchev–Trinajstić information content (AvgIpc) is 3.32. The van der Waals surface area contributed by atoms with Crippen LogP contribution >= 0.6 is 0 Å². The fourth-order valence-corrected chi connectivity index (χ4v) is 5.02. The SMILES string of the molecule is Cc1ccc(-c2cc(C(C)(C)C)c3nc(C(=O)N4CCN(C(=O)c5ccccn5)CC4(C)C)cn3n2)cc1F. The van der Waals surface area contributed by atoms with Gasteiger partial charge in [-0.15, -0.1) is 0 Å². The number of imidazole rings is 1. The first-order chi connectivity index (χ1) is 18.3. The molecule has 2 amide bonds.